The number of aromatic nitrogens is 2. The van der Waals surface area contributed by atoms with Crippen LogP contribution in [-0.2, 0) is 10.0 Å². The second kappa shape index (κ2) is 16.4. The number of H-pyrrole nitrogens is 1. The number of alkyl halides is 3. The molecule has 4 aromatic rings. The van der Waals surface area contributed by atoms with Gasteiger partial charge in [0.25, 0.3) is 21.6 Å². The number of sulfonamides is 1. The minimum atomic E-state index is -4.58. The van der Waals surface area contributed by atoms with Crippen molar-refractivity contribution >= 4 is 44.0 Å². The third-order valence-corrected chi connectivity index (χ3v) is 16.2. The average Bonchev–Trinajstić information content (AvgIpc) is 3.68. The number of fused-ring (bicyclic) bond motifs is 1. The molecular weight excluding hydrogens is 848 g/mol. The average molecular weight is 904 g/mol. The van der Waals surface area contributed by atoms with Crippen molar-refractivity contribution in [2.45, 2.75) is 96.1 Å². The summed E-state index contributed by atoms with van der Waals surface area (Å²) in [5, 5.41) is 16.0. The number of carbonyl (C=O) groups excluding carboxylic acids is 1. The molecule has 17 heteroatoms. The summed E-state index contributed by atoms with van der Waals surface area (Å²) in [6, 6.07) is 12.1. The van der Waals surface area contributed by atoms with Gasteiger partial charge in [-0.2, -0.15) is 13.2 Å². The highest BCUT2D eigenvalue weighted by Gasteiger charge is 2.79. The number of halogens is 3. The van der Waals surface area contributed by atoms with Crippen molar-refractivity contribution in [3.05, 3.63) is 87.7 Å². The molecule has 2 bridgehead atoms. The molecule has 1 saturated heterocycles. The van der Waals surface area contributed by atoms with E-state index < -0.39 is 43.0 Å². The van der Waals surface area contributed by atoms with Gasteiger partial charge in [-0.15, -0.1) is 0 Å². The van der Waals surface area contributed by atoms with Crippen LogP contribution in [0.15, 0.2) is 77.0 Å². The van der Waals surface area contributed by atoms with Crippen LogP contribution in [0.5, 0.6) is 11.5 Å². The Hall–Kier alpha value is -5.16. The summed E-state index contributed by atoms with van der Waals surface area (Å²) in [5.74, 6) is 0.439. The van der Waals surface area contributed by atoms with Crippen LogP contribution in [0.4, 0.5) is 30.2 Å². The predicted octanol–water partition coefficient (Wildman–Crippen LogP) is 9.98. The van der Waals surface area contributed by atoms with Crippen molar-refractivity contribution in [1.29, 1.82) is 0 Å². The van der Waals surface area contributed by atoms with E-state index in [1.807, 2.05) is 6.07 Å². The number of pyridine rings is 1. The minimum absolute atomic E-state index is 0.0611. The summed E-state index contributed by atoms with van der Waals surface area (Å²) in [7, 11) is -4.58. The molecular formula is C47H56F3N7O6S. The molecule has 0 unspecified atom stereocenters. The number of nitro benzene ring substituents is 1. The molecule has 0 spiro atoms. The largest absolute Gasteiger partial charge is 0.455 e. The van der Waals surface area contributed by atoms with Gasteiger partial charge < -0.3 is 19.9 Å². The third-order valence-electron chi connectivity index (χ3n) is 14.8. The molecule has 1 aliphatic heterocycles. The molecule has 5 aliphatic carbocycles. The van der Waals surface area contributed by atoms with Gasteiger partial charge >= 0.3 is 6.18 Å². The molecule has 10 rings (SSSR count). The van der Waals surface area contributed by atoms with Crippen LogP contribution < -0.4 is 19.7 Å². The van der Waals surface area contributed by atoms with Crippen LogP contribution in [0.25, 0.3) is 11.0 Å². The Morgan fingerprint density at radius 1 is 1.02 bits per heavy atom. The molecule has 64 heavy (non-hydrogen) atoms. The number of amides is 1. The summed E-state index contributed by atoms with van der Waals surface area (Å²) in [6.07, 6.45) is 6.72. The number of piperazine rings is 1. The summed E-state index contributed by atoms with van der Waals surface area (Å²) >= 11 is 0. The Balaban J connectivity index is 0.912. The van der Waals surface area contributed by atoms with Crippen molar-refractivity contribution in [2.24, 2.45) is 28.1 Å². The van der Waals surface area contributed by atoms with Gasteiger partial charge in [0.1, 0.15) is 22.8 Å². The monoisotopic (exact) mass is 903 g/mol. The summed E-state index contributed by atoms with van der Waals surface area (Å²) in [6.45, 7) is 10.6. The maximum absolute atomic E-state index is 13.9. The lowest BCUT2D eigenvalue weighted by Crippen LogP contribution is -2.69. The van der Waals surface area contributed by atoms with E-state index in [1.54, 1.807) is 24.4 Å². The number of nitrogens with zero attached hydrogens (tertiary/aromatic N) is 4. The second-order valence-electron chi connectivity index (χ2n) is 20.0. The Labute approximate surface area is 371 Å². The van der Waals surface area contributed by atoms with Crippen molar-refractivity contribution in [1.82, 2.24) is 19.6 Å². The van der Waals surface area contributed by atoms with E-state index in [9.17, 15) is 36.5 Å². The lowest BCUT2D eigenvalue weighted by molar-refractivity contribution is -0.384. The van der Waals surface area contributed by atoms with Gasteiger partial charge in [-0.1, -0.05) is 44.8 Å². The second-order valence-corrected chi connectivity index (χ2v) is 21.7. The van der Waals surface area contributed by atoms with Crippen molar-refractivity contribution in [2.75, 3.05) is 49.5 Å². The Morgan fingerprint density at radius 2 is 1.75 bits per heavy atom. The molecule has 2 aromatic heterocycles. The molecule has 1 amide bonds. The number of allylic oxidation sites excluding steroid dienone is 1. The molecule has 4 saturated carbocycles. The van der Waals surface area contributed by atoms with Gasteiger partial charge in [-0.05, 0) is 110 Å². The molecule has 3 heterocycles. The normalized spacial score (nSPS) is 25.9. The van der Waals surface area contributed by atoms with Crippen molar-refractivity contribution in [3.63, 3.8) is 0 Å². The first-order valence-corrected chi connectivity index (χ1v) is 23.9. The van der Waals surface area contributed by atoms with Crippen LogP contribution in [0, 0.1) is 38.2 Å². The van der Waals surface area contributed by atoms with Crippen LogP contribution in [0.1, 0.15) is 95.3 Å². The molecule has 6 aliphatic rings. The maximum atomic E-state index is 13.9. The Bertz CT molecular complexity index is 2590. The molecule has 3 N–H and O–H groups in total. The number of carbonyl (C=O) groups is 1. The summed E-state index contributed by atoms with van der Waals surface area (Å²) < 4.78 is 77.3. The third kappa shape index (κ3) is 8.57. The number of hydrogen-bond donors (Lipinski definition) is 3. The molecule has 0 radical (unpaired) electrons. The zero-order valence-corrected chi connectivity index (χ0v) is 37.3. The number of rotatable bonds is 13. The van der Waals surface area contributed by atoms with E-state index in [0.29, 0.717) is 56.0 Å². The van der Waals surface area contributed by atoms with Crippen LogP contribution >= 0.6 is 0 Å². The summed E-state index contributed by atoms with van der Waals surface area (Å²) in [4.78, 5) is 37.0. The smallest absolute Gasteiger partial charge is 0.394 e. The molecule has 13 nitrogen and oxygen atoms in total. The van der Waals surface area contributed by atoms with E-state index in [2.05, 4.69) is 50.6 Å². The van der Waals surface area contributed by atoms with Gasteiger partial charge in [0.05, 0.1) is 27.0 Å². The van der Waals surface area contributed by atoms with Gasteiger partial charge in [0.2, 0.25) is 0 Å². The SMILES string of the molecule is CC1CCC(CNc2ccc(S(=O)(=O)NC(=O)c3ccc(N4CCN(CC5=C(C67CC(C(F)(F)F)(C6)C7)CC(C)(C)CC5)CC4)cc3Oc3cnc4[nH]ccc4c3)cc2[N+](=O)[O-])CC1. The lowest BCUT2D eigenvalue weighted by Gasteiger charge is -2.72. The Morgan fingerprint density at radius 3 is 2.45 bits per heavy atom. The van der Waals surface area contributed by atoms with Crippen LogP contribution in [0.2, 0.25) is 0 Å². The number of aromatic amines is 1. The number of nitrogens with one attached hydrogen (secondary N) is 3. The highest BCUT2D eigenvalue weighted by Crippen LogP contribution is 2.82. The molecule has 5 fully saturated rings. The van der Waals surface area contributed by atoms with E-state index in [-0.39, 0.29) is 47.1 Å². The van der Waals surface area contributed by atoms with Gasteiger partial charge in [0.15, 0.2) is 0 Å². The van der Waals surface area contributed by atoms with E-state index in [4.69, 9.17) is 4.74 Å². The Kier molecular flexibility index (Phi) is 11.3. The van der Waals surface area contributed by atoms with Gasteiger partial charge in [-0.3, -0.25) is 19.8 Å². The summed E-state index contributed by atoms with van der Waals surface area (Å²) in [5.41, 5.74) is 1.96. The van der Waals surface area contributed by atoms with E-state index in [0.717, 1.165) is 68.6 Å². The molecule has 0 atom stereocenters. The van der Waals surface area contributed by atoms with Crippen LogP contribution in [0.3, 0.4) is 0 Å². The fourth-order valence-electron chi connectivity index (χ4n) is 11.0. The predicted molar refractivity (Wildman–Crippen MR) is 238 cm³/mol. The number of hydrogen-bond acceptors (Lipinski definition) is 10. The first-order valence-electron chi connectivity index (χ1n) is 22.4. The standard InChI is InChI=1S/C47H56F3N7O6S/c1-30-4-6-31(7-5-30)24-52-39-11-9-36(22-40(39)57(59)60)64(61,62)54-43(58)37-10-8-34(21-41(37)63-35-20-32-13-15-51-42(32)53-25-35)56-18-16-55(17-19-56)26-33-12-14-44(2,3)23-38(33)45-27-46(28-45,29-45)47(48,49)50/h8-11,13,15,20-22,25,30-31,52H,4-7,12,14,16-19,23-24,26-29H2,1-3H3,(H,51,53)(H,54,58). The number of benzene rings is 2. The highest BCUT2D eigenvalue weighted by molar-refractivity contribution is 7.90. The first-order chi connectivity index (χ1) is 30.3. The maximum Gasteiger partial charge on any atom is 0.394 e. The fourth-order valence-corrected chi connectivity index (χ4v) is 12.0. The zero-order chi connectivity index (χ0) is 45.2. The topological polar surface area (TPSA) is 163 Å². The van der Waals surface area contributed by atoms with Crippen molar-refractivity contribution < 1.29 is 36.0 Å². The molecule has 2 aromatic carbocycles. The number of ether oxygens (including phenoxy) is 1. The zero-order valence-electron chi connectivity index (χ0n) is 36.5. The number of anilines is 2. The number of nitro groups is 1. The minimum Gasteiger partial charge on any atom is -0.455 e. The van der Waals surface area contributed by atoms with Crippen LogP contribution in [-0.4, -0.2) is 79.6 Å². The molecule has 342 valence electrons. The fraction of sp³-hybridized carbons (Fsp3) is 0.532. The van der Waals surface area contributed by atoms with Gasteiger partial charge in [-0.25, -0.2) is 18.1 Å². The van der Waals surface area contributed by atoms with E-state index >= 15 is 0 Å². The van der Waals surface area contributed by atoms with Gasteiger partial charge in [0, 0.05) is 68.7 Å². The van der Waals surface area contributed by atoms with Crippen molar-refractivity contribution in [3.8, 4) is 11.5 Å². The van der Waals surface area contributed by atoms with E-state index in [1.165, 1.54) is 35.5 Å². The lowest BCUT2D eigenvalue weighted by atomic mass is 9.31. The highest BCUT2D eigenvalue weighted by atomic mass is 32.2. The first kappa shape index (κ1) is 44.1. The quantitative estimate of drug-likeness (QED) is 0.0669.